The van der Waals surface area contributed by atoms with E-state index in [0.29, 0.717) is 21.3 Å². The average Bonchev–Trinajstić information content (AvgIpc) is 2.90. The molecule has 4 aromatic carbocycles. The molecule has 3 N–H and O–H groups in total. The van der Waals surface area contributed by atoms with Gasteiger partial charge in [-0.2, -0.15) is 0 Å². The molecule has 0 aliphatic heterocycles. The molecule has 1 atom stereocenters. The van der Waals surface area contributed by atoms with Gasteiger partial charge in [0.25, 0.3) is 0 Å². The Labute approximate surface area is 226 Å². The second kappa shape index (κ2) is 12.1. The Morgan fingerprint density at radius 3 is 2.05 bits per heavy atom. The van der Waals surface area contributed by atoms with E-state index in [4.69, 9.17) is 12.2 Å². The molecule has 38 heavy (non-hydrogen) atoms. The zero-order valence-corrected chi connectivity index (χ0v) is 21.5. The van der Waals surface area contributed by atoms with E-state index in [-0.39, 0.29) is 6.07 Å². The topological polar surface area (TPSA) is 53.2 Å². The summed E-state index contributed by atoms with van der Waals surface area (Å²) in [6, 6.07) is 23.3. The molecule has 4 rings (SSSR count). The van der Waals surface area contributed by atoms with Crippen LogP contribution in [-0.2, 0) is 4.79 Å². The summed E-state index contributed by atoms with van der Waals surface area (Å²) in [7, 11) is 0. The number of halogens is 4. The number of nitrogens with one attached hydrogen (secondary N) is 3. The van der Waals surface area contributed by atoms with Gasteiger partial charge in [-0.25, -0.2) is 17.6 Å². The third kappa shape index (κ3) is 6.70. The normalized spacial score (nSPS) is 11.5. The van der Waals surface area contributed by atoms with Gasteiger partial charge in [-0.15, -0.1) is 11.8 Å². The number of carbonyl (C=O) groups excluding carboxylic acids is 1. The molecule has 1 unspecified atom stereocenters. The molecule has 0 spiro atoms. The number of benzene rings is 4. The van der Waals surface area contributed by atoms with Crippen LogP contribution in [0.25, 0.3) is 0 Å². The fraction of sp³-hybridized carbons (Fsp3) is 0.0714. The first-order chi connectivity index (χ1) is 18.2. The van der Waals surface area contributed by atoms with Crippen molar-refractivity contribution in [1.29, 1.82) is 0 Å². The Hall–Kier alpha value is -3.89. The third-order valence-electron chi connectivity index (χ3n) is 5.36. The van der Waals surface area contributed by atoms with Crippen molar-refractivity contribution in [2.24, 2.45) is 0 Å². The zero-order valence-electron chi connectivity index (χ0n) is 19.9. The number of rotatable bonds is 7. The van der Waals surface area contributed by atoms with E-state index in [1.807, 2.05) is 36.5 Å². The van der Waals surface area contributed by atoms with Gasteiger partial charge in [0.1, 0.15) is 10.9 Å². The Kier molecular flexibility index (Phi) is 8.65. The van der Waals surface area contributed by atoms with Gasteiger partial charge in [-0.05, 0) is 55.0 Å². The van der Waals surface area contributed by atoms with E-state index >= 15 is 0 Å². The summed E-state index contributed by atoms with van der Waals surface area (Å²) in [5, 5.41) is 7.53. The van der Waals surface area contributed by atoms with Gasteiger partial charge < -0.3 is 16.0 Å². The molecule has 0 fully saturated rings. The first-order valence-electron chi connectivity index (χ1n) is 11.3. The molecule has 0 saturated heterocycles. The van der Waals surface area contributed by atoms with Crippen LogP contribution in [0, 0.1) is 30.2 Å². The number of amides is 1. The predicted octanol–water partition coefficient (Wildman–Crippen LogP) is 7.83. The maximum Gasteiger partial charge on any atom is 0.242 e. The molecule has 0 radical (unpaired) electrons. The SMILES string of the molecule is Cc1ccc(NC(=S)Nc2cccc(SC(C(=O)Nc3c(F)c(F)cc(F)c3F)c3ccccc3)c2)cc1. The second-order valence-electron chi connectivity index (χ2n) is 8.21. The summed E-state index contributed by atoms with van der Waals surface area (Å²) in [6.45, 7) is 1.98. The number of hydrogen-bond acceptors (Lipinski definition) is 3. The van der Waals surface area contributed by atoms with Gasteiger partial charge in [0.05, 0.1) is 0 Å². The fourth-order valence-electron chi connectivity index (χ4n) is 3.49. The van der Waals surface area contributed by atoms with Crippen molar-refractivity contribution >= 4 is 52.1 Å². The van der Waals surface area contributed by atoms with Gasteiger partial charge >= 0.3 is 0 Å². The van der Waals surface area contributed by atoms with Crippen LogP contribution in [-0.4, -0.2) is 11.0 Å². The molecule has 0 saturated carbocycles. The molecule has 0 aliphatic rings. The lowest BCUT2D eigenvalue weighted by Crippen LogP contribution is -2.21. The minimum atomic E-state index is -1.69. The summed E-state index contributed by atoms with van der Waals surface area (Å²) in [4.78, 5) is 13.8. The lowest BCUT2D eigenvalue weighted by atomic mass is 10.1. The summed E-state index contributed by atoms with van der Waals surface area (Å²) in [6.07, 6.45) is 0. The van der Waals surface area contributed by atoms with Gasteiger partial charge in [0, 0.05) is 22.3 Å². The standard InChI is InChI=1S/C28H21F4N3OS2/c1-16-10-12-18(13-11-16)33-28(37)34-19-8-5-9-20(14-19)38-26(17-6-3-2-4-7-17)27(36)35-25-23(31)21(29)15-22(30)24(25)32/h2-15,26H,1H3,(H,35,36)(H2,33,34,37). The smallest absolute Gasteiger partial charge is 0.242 e. The van der Waals surface area contributed by atoms with Crippen molar-refractivity contribution in [2.45, 2.75) is 17.1 Å². The quantitative estimate of drug-likeness (QED) is 0.0939. The molecule has 4 nitrogen and oxygen atoms in total. The molecule has 0 bridgehead atoms. The fourth-order valence-corrected chi connectivity index (χ4v) is 4.81. The molecule has 0 aromatic heterocycles. The number of hydrogen-bond donors (Lipinski definition) is 3. The zero-order chi connectivity index (χ0) is 27.2. The van der Waals surface area contributed by atoms with Crippen LogP contribution in [0.1, 0.15) is 16.4 Å². The van der Waals surface area contributed by atoms with Crippen LogP contribution < -0.4 is 16.0 Å². The summed E-state index contributed by atoms with van der Waals surface area (Å²) < 4.78 is 55.8. The molecular weight excluding hydrogens is 534 g/mol. The van der Waals surface area contributed by atoms with Crippen molar-refractivity contribution < 1.29 is 22.4 Å². The minimum absolute atomic E-state index is 0.0837. The van der Waals surface area contributed by atoms with E-state index in [0.717, 1.165) is 23.0 Å². The van der Waals surface area contributed by atoms with Crippen molar-refractivity contribution in [1.82, 2.24) is 0 Å². The van der Waals surface area contributed by atoms with Crippen LogP contribution in [0.15, 0.2) is 89.8 Å². The highest BCUT2D eigenvalue weighted by atomic mass is 32.2. The van der Waals surface area contributed by atoms with Crippen LogP contribution in [0.5, 0.6) is 0 Å². The first-order valence-corrected chi connectivity index (χ1v) is 12.6. The van der Waals surface area contributed by atoms with Crippen molar-refractivity contribution in [3.05, 3.63) is 119 Å². The van der Waals surface area contributed by atoms with E-state index in [1.54, 1.807) is 54.6 Å². The second-order valence-corrected chi connectivity index (χ2v) is 9.80. The number of aryl methyl sites for hydroxylation is 1. The van der Waals surface area contributed by atoms with Crippen LogP contribution in [0.3, 0.4) is 0 Å². The third-order valence-corrected chi connectivity index (χ3v) is 6.81. The van der Waals surface area contributed by atoms with Gasteiger partial charge in [0.15, 0.2) is 28.4 Å². The maximum atomic E-state index is 14.2. The molecule has 10 heteroatoms. The highest BCUT2D eigenvalue weighted by Crippen LogP contribution is 2.38. The number of anilines is 3. The summed E-state index contributed by atoms with van der Waals surface area (Å²) in [5.74, 6) is -7.46. The van der Waals surface area contributed by atoms with Gasteiger partial charge in [0.2, 0.25) is 5.91 Å². The van der Waals surface area contributed by atoms with Crippen molar-refractivity contribution in [3.8, 4) is 0 Å². The van der Waals surface area contributed by atoms with Crippen LogP contribution in [0.4, 0.5) is 34.6 Å². The first kappa shape index (κ1) is 27.2. The maximum absolute atomic E-state index is 14.2. The van der Waals surface area contributed by atoms with Gasteiger partial charge in [-0.1, -0.05) is 54.1 Å². The Morgan fingerprint density at radius 2 is 1.39 bits per heavy atom. The number of thioether (sulfide) groups is 1. The average molecular weight is 556 g/mol. The molecule has 1 amide bonds. The Balaban J connectivity index is 1.54. The molecule has 0 aliphatic carbocycles. The lowest BCUT2D eigenvalue weighted by molar-refractivity contribution is -0.115. The monoisotopic (exact) mass is 555 g/mol. The largest absolute Gasteiger partial charge is 0.332 e. The van der Waals surface area contributed by atoms with Crippen molar-refractivity contribution in [2.75, 3.05) is 16.0 Å². The molecular formula is C28H21F4N3OS2. The van der Waals surface area contributed by atoms with Crippen molar-refractivity contribution in [3.63, 3.8) is 0 Å². The minimum Gasteiger partial charge on any atom is -0.332 e. The lowest BCUT2D eigenvalue weighted by Gasteiger charge is -2.18. The molecule has 0 heterocycles. The van der Waals surface area contributed by atoms with E-state index in [2.05, 4.69) is 10.6 Å². The van der Waals surface area contributed by atoms with E-state index in [1.165, 1.54) is 0 Å². The van der Waals surface area contributed by atoms with Gasteiger partial charge in [-0.3, -0.25) is 4.79 Å². The number of carbonyl (C=O) groups is 1. The van der Waals surface area contributed by atoms with E-state index < -0.39 is 40.1 Å². The van der Waals surface area contributed by atoms with Crippen LogP contribution in [0.2, 0.25) is 0 Å². The predicted molar refractivity (Wildman–Crippen MR) is 147 cm³/mol. The Morgan fingerprint density at radius 1 is 0.763 bits per heavy atom. The summed E-state index contributed by atoms with van der Waals surface area (Å²) in [5.41, 5.74) is 1.90. The molecule has 4 aromatic rings. The van der Waals surface area contributed by atoms with E-state index in [9.17, 15) is 22.4 Å². The number of thiocarbonyl (C=S) groups is 1. The summed E-state index contributed by atoms with van der Waals surface area (Å²) >= 11 is 6.48. The highest BCUT2D eigenvalue weighted by molar-refractivity contribution is 8.00. The Bertz CT molecular complexity index is 1440. The highest BCUT2D eigenvalue weighted by Gasteiger charge is 2.27. The molecule has 194 valence electrons. The van der Waals surface area contributed by atoms with Crippen LogP contribution >= 0.6 is 24.0 Å².